The molecule has 0 heterocycles. The molecule has 2 N–H and O–H groups in total. The summed E-state index contributed by atoms with van der Waals surface area (Å²) in [7, 11) is -5.98. The molecule has 0 spiro atoms. The first kappa shape index (κ1) is 25.9. The first-order chi connectivity index (χ1) is 17.7. The molecule has 4 aromatic carbocycles. The van der Waals surface area contributed by atoms with Crippen LogP contribution in [-0.2, 0) is 20.0 Å². The van der Waals surface area contributed by atoms with E-state index in [1.165, 1.54) is 56.7 Å². The highest BCUT2D eigenvalue weighted by molar-refractivity contribution is 7.95. The highest BCUT2D eigenvalue weighted by Crippen LogP contribution is 2.36. The number of hydrogen-bond donors (Lipinski definition) is 2. The van der Waals surface area contributed by atoms with Gasteiger partial charge in [0.15, 0.2) is 4.90 Å². The number of nitrogens with one attached hydrogen (secondary N) is 2. The molecule has 4 rings (SSSR count). The van der Waals surface area contributed by atoms with Gasteiger partial charge in [0.05, 0.1) is 25.6 Å². The Labute approximate surface area is 215 Å². The van der Waals surface area contributed by atoms with Gasteiger partial charge in [-0.25, -0.2) is 16.8 Å². The molecule has 0 aliphatic rings. The molecular weight excluding hydrogens is 516 g/mol. The third-order valence-electron chi connectivity index (χ3n) is 5.12. The quantitative estimate of drug-likeness (QED) is 0.287. The van der Waals surface area contributed by atoms with Crippen LogP contribution in [0.2, 0.25) is 0 Å². The Kier molecular flexibility index (Phi) is 7.55. The SMILES string of the molecule is COc1cccc(NS(=O)(=O)c2cccc(Oc3ccccc3)c2S(=O)(=O)Nc2cccc(OC)c2)c1. The van der Waals surface area contributed by atoms with E-state index in [0.29, 0.717) is 17.2 Å². The zero-order valence-corrected chi connectivity index (χ0v) is 21.5. The number of benzene rings is 4. The van der Waals surface area contributed by atoms with Crippen LogP contribution in [0, 0.1) is 0 Å². The van der Waals surface area contributed by atoms with E-state index in [0.717, 1.165) is 0 Å². The van der Waals surface area contributed by atoms with Gasteiger partial charge in [-0.15, -0.1) is 0 Å². The average Bonchev–Trinajstić information content (AvgIpc) is 2.89. The van der Waals surface area contributed by atoms with Crippen molar-refractivity contribution in [3.05, 3.63) is 97.1 Å². The molecular formula is C26H24N2O7S2. The van der Waals surface area contributed by atoms with Gasteiger partial charge in [0.1, 0.15) is 27.9 Å². The Morgan fingerprint density at radius 2 is 1.08 bits per heavy atom. The standard InChI is InChI=1S/C26H24N2O7S2/c1-33-22-13-6-9-19(17-22)27-36(29,30)25-16-8-15-24(35-21-11-4-3-5-12-21)26(25)37(31,32)28-20-10-7-14-23(18-20)34-2/h3-18,27-28H,1-2H3. The van der Waals surface area contributed by atoms with Gasteiger partial charge in [-0.2, -0.15) is 0 Å². The molecule has 9 nitrogen and oxygen atoms in total. The van der Waals surface area contributed by atoms with E-state index in [1.807, 2.05) is 0 Å². The van der Waals surface area contributed by atoms with Crippen molar-refractivity contribution < 1.29 is 31.0 Å². The lowest BCUT2D eigenvalue weighted by atomic mass is 10.3. The molecule has 0 saturated heterocycles. The Bertz CT molecular complexity index is 1610. The van der Waals surface area contributed by atoms with Crippen LogP contribution in [0.1, 0.15) is 0 Å². The first-order valence-corrected chi connectivity index (χ1v) is 13.9. The maximum Gasteiger partial charge on any atom is 0.267 e. The minimum absolute atomic E-state index is 0.171. The van der Waals surface area contributed by atoms with E-state index in [1.54, 1.807) is 54.6 Å². The second-order valence-electron chi connectivity index (χ2n) is 7.67. The summed E-state index contributed by atoms with van der Waals surface area (Å²) < 4.78 is 75.4. The Morgan fingerprint density at radius 3 is 1.65 bits per heavy atom. The van der Waals surface area contributed by atoms with Crippen LogP contribution in [0.3, 0.4) is 0 Å². The molecule has 0 bridgehead atoms. The smallest absolute Gasteiger partial charge is 0.267 e. The van der Waals surface area contributed by atoms with Crippen molar-refractivity contribution in [3.8, 4) is 23.0 Å². The Hall–Kier alpha value is -4.22. The summed E-state index contributed by atoms with van der Waals surface area (Å²) in [4.78, 5) is -1.06. The number of sulfonamides is 2. The van der Waals surface area contributed by atoms with Gasteiger partial charge in [0.25, 0.3) is 20.0 Å². The fourth-order valence-corrected chi connectivity index (χ4v) is 6.51. The predicted molar refractivity (Wildman–Crippen MR) is 141 cm³/mol. The molecule has 0 saturated carbocycles. The molecule has 0 aliphatic heterocycles. The molecule has 0 aliphatic carbocycles. The molecule has 0 atom stereocenters. The molecule has 0 fully saturated rings. The third-order valence-corrected chi connectivity index (χ3v) is 8.13. The summed E-state index contributed by atoms with van der Waals surface area (Å²) in [5, 5.41) is 0. The fraction of sp³-hybridized carbons (Fsp3) is 0.0769. The maximum absolute atomic E-state index is 13.7. The Balaban J connectivity index is 1.83. The van der Waals surface area contributed by atoms with E-state index < -0.39 is 29.8 Å². The van der Waals surface area contributed by atoms with Gasteiger partial charge in [-0.05, 0) is 48.5 Å². The first-order valence-electron chi connectivity index (χ1n) is 10.9. The van der Waals surface area contributed by atoms with E-state index in [9.17, 15) is 16.8 Å². The number of hydrogen-bond acceptors (Lipinski definition) is 7. The number of methoxy groups -OCH3 is 2. The summed E-state index contributed by atoms with van der Waals surface area (Å²) in [5.74, 6) is 1.00. The average molecular weight is 541 g/mol. The topological polar surface area (TPSA) is 120 Å². The zero-order chi connectivity index (χ0) is 26.5. The predicted octanol–water partition coefficient (Wildman–Crippen LogP) is 5.10. The van der Waals surface area contributed by atoms with Gasteiger partial charge in [-0.1, -0.05) is 36.4 Å². The monoisotopic (exact) mass is 540 g/mol. The van der Waals surface area contributed by atoms with Crippen molar-refractivity contribution >= 4 is 31.4 Å². The second-order valence-corrected chi connectivity index (χ2v) is 10.9. The number of para-hydroxylation sites is 1. The molecule has 0 aromatic heterocycles. The molecule has 0 radical (unpaired) electrons. The van der Waals surface area contributed by atoms with Crippen molar-refractivity contribution in [1.29, 1.82) is 0 Å². The van der Waals surface area contributed by atoms with Crippen LogP contribution in [0.25, 0.3) is 0 Å². The minimum Gasteiger partial charge on any atom is -0.497 e. The Morgan fingerprint density at radius 1 is 0.568 bits per heavy atom. The largest absolute Gasteiger partial charge is 0.497 e. The minimum atomic E-state index is -4.48. The van der Waals surface area contributed by atoms with Crippen molar-refractivity contribution in [1.82, 2.24) is 0 Å². The van der Waals surface area contributed by atoms with Crippen molar-refractivity contribution in [2.24, 2.45) is 0 Å². The van der Waals surface area contributed by atoms with Crippen LogP contribution in [-0.4, -0.2) is 31.1 Å². The van der Waals surface area contributed by atoms with Crippen molar-refractivity contribution in [2.45, 2.75) is 9.79 Å². The van der Waals surface area contributed by atoms with E-state index >= 15 is 0 Å². The molecule has 0 unspecified atom stereocenters. The lowest BCUT2D eigenvalue weighted by molar-refractivity contribution is 0.415. The lowest BCUT2D eigenvalue weighted by Crippen LogP contribution is -2.21. The van der Waals surface area contributed by atoms with Crippen molar-refractivity contribution in [3.63, 3.8) is 0 Å². The van der Waals surface area contributed by atoms with E-state index in [4.69, 9.17) is 14.2 Å². The zero-order valence-electron chi connectivity index (χ0n) is 19.9. The second kappa shape index (κ2) is 10.8. The molecule has 4 aromatic rings. The molecule has 37 heavy (non-hydrogen) atoms. The summed E-state index contributed by atoms with van der Waals surface area (Å²) in [6.45, 7) is 0. The number of rotatable bonds is 10. The van der Waals surface area contributed by atoms with Gasteiger partial charge in [0.2, 0.25) is 0 Å². The molecule has 0 amide bonds. The fourth-order valence-electron chi connectivity index (χ4n) is 3.46. The van der Waals surface area contributed by atoms with Crippen LogP contribution in [0.15, 0.2) is 107 Å². The summed E-state index contributed by atoms with van der Waals surface area (Å²) in [6, 6.07) is 24.9. The highest BCUT2D eigenvalue weighted by atomic mass is 32.2. The summed E-state index contributed by atoms with van der Waals surface area (Å²) >= 11 is 0. The van der Waals surface area contributed by atoms with Crippen molar-refractivity contribution in [2.75, 3.05) is 23.7 Å². The highest BCUT2D eigenvalue weighted by Gasteiger charge is 2.31. The molecule has 11 heteroatoms. The number of ether oxygens (including phenoxy) is 3. The lowest BCUT2D eigenvalue weighted by Gasteiger charge is -2.18. The van der Waals surface area contributed by atoms with Crippen LogP contribution in [0.4, 0.5) is 11.4 Å². The van der Waals surface area contributed by atoms with E-state index in [2.05, 4.69) is 9.44 Å². The van der Waals surface area contributed by atoms with Gasteiger partial charge in [-0.3, -0.25) is 9.44 Å². The van der Waals surface area contributed by atoms with Gasteiger partial charge in [0, 0.05) is 12.1 Å². The van der Waals surface area contributed by atoms with Gasteiger partial charge >= 0.3 is 0 Å². The summed E-state index contributed by atoms with van der Waals surface area (Å²) in [5.41, 5.74) is 0.371. The van der Waals surface area contributed by atoms with E-state index in [-0.39, 0.29) is 17.1 Å². The number of anilines is 2. The molecule has 192 valence electrons. The summed E-state index contributed by atoms with van der Waals surface area (Å²) in [6.07, 6.45) is 0. The normalized spacial score (nSPS) is 11.4. The van der Waals surface area contributed by atoms with Crippen LogP contribution in [0.5, 0.6) is 23.0 Å². The van der Waals surface area contributed by atoms with Crippen LogP contribution < -0.4 is 23.7 Å². The third kappa shape index (κ3) is 6.13. The van der Waals surface area contributed by atoms with Gasteiger partial charge < -0.3 is 14.2 Å². The van der Waals surface area contributed by atoms with Crippen LogP contribution >= 0.6 is 0 Å². The maximum atomic E-state index is 13.7.